The SMILES string of the molecule is CC(C)[C@H]1CN(Cc2cnc[nH]2)CCC(=O)N1Cc1ccc(F)cc1. The van der Waals surface area contributed by atoms with E-state index in [1.807, 2.05) is 11.1 Å². The maximum Gasteiger partial charge on any atom is 0.224 e. The van der Waals surface area contributed by atoms with Crippen molar-refractivity contribution in [1.29, 1.82) is 0 Å². The quantitative estimate of drug-likeness (QED) is 0.907. The molecule has 1 N–H and O–H groups in total. The van der Waals surface area contributed by atoms with Gasteiger partial charge >= 0.3 is 0 Å². The van der Waals surface area contributed by atoms with Crippen molar-refractivity contribution in [2.24, 2.45) is 5.92 Å². The van der Waals surface area contributed by atoms with Crippen LogP contribution in [0.15, 0.2) is 36.8 Å². The summed E-state index contributed by atoms with van der Waals surface area (Å²) in [4.78, 5) is 24.2. The van der Waals surface area contributed by atoms with Crippen LogP contribution in [0.25, 0.3) is 0 Å². The summed E-state index contributed by atoms with van der Waals surface area (Å²) in [6.07, 6.45) is 4.00. The third-order valence-corrected chi connectivity index (χ3v) is 4.79. The lowest BCUT2D eigenvalue weighted by Gasteiger charge is -2.34. The molecule has 134 valence electrons. The molecule has 1 fully saturated rings. The zero-order valence-corrected chi connectivity index (χ0v) is 14.8. The van der Waals surface area contributed by atoms with E-state index in [4.69, 9.17) is 0 Å². The molecule has 1 aromatic carbocycles. The van der Waals surface area contributed by atoms with E-state index in [1.54, 1.807) is 18.5 Å². The fourth-order valence-corrected chi connectivity index (χ4v) is 3.36. The van der Waals surface area contributed by atoms with Gasteiger partial charge in [-0.3, -0.25) is 9.69 Å². The van der Waals surface area contributed by atoms with Crippen LogP contribution in [-0.2, 0) is 17.9 Å². The highest BCUT2D eigenvalue weighted by atomic mass is 19.1. The van der Waals surface area contributed by atoms with Crippen molar-refractivity contribution in [3.8, 4) is 0 Å². The summed E-state index contributed by atoms with van der Waals surface area (Å²) in [6.45, 7) is 7.15. The van der Waals surface area contributed by atoms with Crippen molar-refractivity contribution in [1.82, 2.24) is 19.8 Å². The number of aromatic amines is 1. The number of benzene rings is 1. The van der Waals surface area contributed by atoms with Crippen LogP contribution in [0.3, 0.4) is 0 Å². The standard InChI is InChI=1S/C19H25FN4O/c1-14(2)18-12-23(11-17-9-21-13-22-17)8-7-19(25)24(18)10-15-3-5-16(20)6-4-15/h3-6,9,13-14,18H,7-8,10-12H2,1-2H3,(H,21,22)/t18-/m1/s1. The summed E-state index contributed by atoms with van der Waals surface area (Å²) >= 11 is 0. The molecule has 0 saturated carbocycles. The fourth-order valence-electron chi connectivity index (χ4n) is 3.36. The van der Waals surface area contributed by atoms with Crippen LogP contribution in [0.5, 0.6) is 0 Å². The molecule has 5 nitrogen and oxygen atoms in total. The Morgan fingerprint density at radius 2 is 2.04 bits per heavy atom. The Morgan fingerprint density at radius 3 is 2.68 bits per heavy atom. The Balaban J connectivity index is 1.76. The lowest BCUT2D eigenvalue weighted by Crippen LogP contribution is -2.45. The van der Waals surface area contributed by atoms with E-state index in [9.17, 15) is 9.18 Å². The van der Waals surface area contributed by atoms with Crippen LogP contribution in [0, 0.1) is 11.7 Å². The van der Waals surface area contributed by atoms with Crippen LogP contribution in [0.1, 0.15) is 31.5 Å². The molecule has 1 amide bonds. The molecule has 2 aromatic rings. The van der Waals surface area contributed by atoms with Gasteiger partial charge in [0.1, 0.15) is 5.82 Å². The summed E-state index contributed by atoms with van der Waals surface area (Å²) in [7, 11) is 0. The van der Waals surface area contributed by atoms with Crippen molar-refractivity contribution >= 4 is 5.91 Å². The molecule has 1 aliphatic rings. The van der Waals surface area contributed by atoms with Gasteiger partial charge in [0.15, 0.2) is 0 Å². The number of carbonyl (C=O) groups is 1. The first-order valence-corrected chi connectivity index (χ1v) is 8.76. The molecule has 0 bridgehead atoms. The van der Waals surface area contributed by atoms with Crippen LogP contribution in [-0.4, -0.2) is 44.8 Å². The van der Waals surface area contributed by atoms with Crippen molar-refractivity contribution < 1.29 is 9.18 Å². The normalized spacial score (nSPS) is 19.4. The number of nitrogens with one attached hydrogen (secondary N) is 1. The van der Waals surface area contributed by atoms with E-state index in [1.165, 1.54) is 12.1 Å². The van der Waals surface area contributed by atoms with Crippen LogP contribution in [0.4, 0.5) is 4.39 Å². The summed E-state index contributed by atoms with van der Waals surface area (Å²) in [5.41, 5.74) is 2.02. The zero-order chi connectivity index (χ0) is 17.8. The van der Waals surface area contributed by atoms with Crippen LogP contribution < -0.4 is 0 Å². The zero-order valence-electron chi connectivity index (χ0n) is 14.8. The first-order valence-electron chi connectivity index (χ1n) is 8.76. The average Bonchev–Trinajstić information content (AvgIpc) is 3.04. The first kappa shape index (κ1) is 17.6. The molecule has 6 heteroatoms. The number of aromatic nitrogens is 2. The third-order valence-electron chi connectivity index (χ3n) is 4.79. The number of imidazole rings is 1. The average molecular weight is 344 g/mol. The van der Waals surface area contributed by atoms with Gasteiger partial charge in [-0.25, -0.2) is 9.37 Å². The monoisotopic (exact) mass is 344 g/mol. The molecule has 1 atom stereocenters. The molecule has 25 heavy (non-hydrogen) atoms. The minimum atomic E-state index is -0.253. The van der Waals surface area contributed by atoms with Crippen molar-refractivity contribution in [3.63, 3.8) is 0 Å². The summed E-state index contributed by atoms with van der Waals surface area (Å²) in [5, 5.41) is 0. The number of H-pyrrole nitrogens is 1. The van der Waals surface area contributed by atoms with E-state index in [0.717, 1.165) is 30.9 Å². The number of amides is 1. The number of halogens is 1. The van der Waals surface area contributed by atoms with Crippen LogP contribution >= 0.6 is 0 Å². The number of rotatable bonds is 5. The van der Waals surface area contributed by atoms with Gasteiger partial charge in [0, 0.05) is 50.5 Å². The second-order valence-corrected chi connectivity index (χ2v) is 7.02. The number of nitrogens with zero attached hydrogens (tertiary/aromatic N) is 3. The van der Waals surface area contributed by atoms with Gasteiger partial charge in [0.05, 0.1) is 6.33 Å². The van der Waals surface area contributed by atoms with Gasteiger partial charge in [-0.1, -0.05) is 26.0 Å². The molecule has 0 aliphatic carbocycles. The largest absolute Gasteiger partial charge is 0.347 e. The van der Waals surface area contributed by atoms with Gasteiger partial charge in [0.25, 0.3) is 0 Å². The second-order valence-electron chi connectivity index (χ2n) is 7.02. The highest BCUT2D eigenvalue weighted by Gasteiger charge is 2.31. The predicted molar refractivity (Wildman–Crippen MR) is 94.1 cm³/mol. The molecule has 0 radical (unpaired) electrons. The lowest BCUT2D eigenvalue weighted by atomic mass is 10.0. The number of hydrogen-bond acceptors (Lipinski definition) is 3. The van der Waals surface area contributed by atoms with Gasteiger partial charge < -0.3 is 9.88 Å². The fraction of sp³-hybridized carbons (Fsp3) is 0.474. The van der Waals surface area contributed by atoms with Gasteiger partial charge in [-0.2, -0.15) is 0 Å². The Bertz CT molecular complexity index is 684. The molecule has 2 heterocycles. The van der Waals surface area contributed by atoms with E-state index in [2.05, 4.69) is 28.7 Å². The smallest absolute Gasteiger partial charge is 0.224 e. The van der Waals surface area contributed by atoms with E-state index < -0.39 is 0 Å². The number of hydrogen-bond donors (Lipinski definition) is 1. The topological polar surface area (TPSA) is 52.2 Å². The Morgan fingerprint density at radius 1 is 1.28 bits per heavy atom. The van der Waals surface area contributed by atoms with Crippen molar-refractivity contribution in [2.75, 3.05) is 13.1 Å². The second kappa shape index (κ2) is 7.78. The molecular weight excluding hydrogens is 319 g/mol. The maximum atomic E-state index is 13.1. The minimum absolute atomic E-state index is 0.128. The van der Waals surface area contributed by atoms with Crippen LogP contribution in [0.2, 0.25) is 0 Å². The molecule has 1 aromatic heterocycles. The van der Waals surface area contributed by atoms with E-state index >= 15 is 0 Å². The maximum absolute atomic E-state index is 13.1. The lowest BCUT2D eigenvalue weighted by molar-refractivity contribution is -0.134. The van der Waals surface area contributed by atoms with Crippen molar-refractivity contribution in [2.45, 2.75) is 39.4 Å². The Hall–Kier alpha value is -2.21. The van der Waals surface area contributed by atoms with Gasteiger partial charge in [0.2, 0.25) is 5.91 Å². The third kappa shape index (κ3) is 4.45. The molecular formula is C19H25FN4O. The van der Waals surface area contributed by atoms with Gasteiger partial charge in [-0.05, 0) is 23.6 Å². The van der Waals surface area contributed by atoms with E-state index in [-0.39, 0.29) is 17.8 Å². The highest BCUT2D eigenvalue weighted by molar-refractivity contribution is 5.77. The van der Waals surface area contributed by atoms with Gasteiger partial charge in [-0.15, -0.1) is 0 Å². The highest BCUT2D eigenvalue weighted by Crippen LogP contribution is 2.22. The summed E-state index contributed by atoms with van der Waals surface area (Å²) in [6, 6.07) is 6.54. The Labute approximate surface area is 147 Å². The number of carbonyl (C=O) groups excluding carboxylic acids is 1. The molecule has 0 spiro atoms. The summed E-state index contributed by atoms with van der Waals surface area (Å²) < 4.78 is 13.1. The molecule has 1 saturated heterocycles. The predicted octanol–water partition coefficient (Wildman–Crippen LogP) is 2.81. The Kier molecular flexibility index (Phi) is 5.48. The first-order chi connectivity index (χ1) is 12.0. The molecule has 3 rings (SSSR count). The van der Waals surface area contributed by atoms with Crippen molar-refractivity contribution in [3.05, 3.63) is 53.9 Å². The molecule has 0 unspecified atom stereocenters. The summed E-state index contributed by atoms with van der Waals surface area (Å²) in [5.74, 6) is 0.249. The molecule has 1 aliphatic heterocycles. The minimum Gasteiger partial charge on any atom is -0.347 e. The van der Waals surface area contributed by atoms with E-state index in [0.29, 0.717) is 18.9 Å².